The molecule has 4 heteroatoms. The van der Waals surface area contributed by atoms with Gasteiger partial charge in [0, 0.05) is 23.6 Å². The number of benzene rings is 2. The molecule has 0 radical (unpaired) electrons. The monoisotopic (exact) mass is 305 g/mol. The summed E-state index contributed by atoms with van der Waals surface area (Å²) in [5.41, 5.74) is 0.839. The second-order valence-corrected chi connectivity index (χ2v) is 5.38. The minimum Gasteiger partial charge on any atom is -0.378 e. The molecule has 0 saturated heterocycles. The summed E-state index contributed by atoms with van der Waals surface area (Å²) in [7, 11) is 0. The molecule has 1 amide bonds. The van der Waals surface area contributed by atoms with E-state index in [1.807, 2.05) is 49.4 Å². The van der Waals surface area contributed by atoms with Crippen LogP contribution in [0.1, 0.15) is 19.8 Å². The molecule has 2 rings (SSSR count). The van der Waals surface area contributed by atoms with E-state index < -0.39 is 0 Å². The molecule has 1 N–H and O–H groups in total. The number of halogens is 1. The fraction of sp³-hybridized carbons (Fsp3) is 0.353. The van der Waals surface area contributed by atoms with E-state index in [4.69, 9.17) is 16.3 Å². The number of alkyl halides is 1. The Morgan fingerprint density at radius 3 is 2.81 bits per heavy atom. The van der Waals surface area contributed by atoms with Gasteiger partial charge >= 0.3 is 0 Å². The van der Waals surface area contributed by atoms with Crippen molar-refractivity contribution in [3.05, 3.63) is 42.5 Å². The van der Waals surface area contributed by atoms with Crippen molar-refractivity contribution < 1.29 is 9.53 Å². The normalized spacial score (nSPS) is 12.3. The molecule has 0 aliphatic carbocycles. The molecule has 2 aromatic carbocycles. The van der Waals surface area contributed by atoms with Crippen LogP contribution in [0, 0.1) is 0 Å². The van der Waals surface area contributed by atoms with Gasteiger partial charge in [-0.25, -0.2) is 0 Å². The van der Waals surface area contributed by atoms with E-state index in [1.165, 1.54) is 0 Å². The number of hydrogen-bond donors (Lipinski definition) is 1. The van der Waals surface area contributed by atoms with Gasteiger partial charge in [0.1, 0.15) is 0 Å². The summed E-state index contributed by atoms with van der Waals surface area (Å²) in [4.78, 5) is 12.1. The zero-order chi connectivity index (χ0) is 15.1. The molecule has 0 heterocycles. The van der Waals surface area contributed by atoms with Crippen molar-refractivity contribution in [2.75, 3.05) is 17.8 Å². The van der Waals surface area contributed by atoms with Crippen LogP contribution in [0.5, 0.6) is 0 Å². The van der Waals surface area contributed by atoms with Gasteiger partial charge in [0.2, 0.25) is 5.91 Å². The molecule has 0 aromatic heterocycles. The summed E-state index contributed by atoms with van der Waals surface area (Å²) in [6.45, 7) is 2.49. The Bertz CT molecular complexity index is 595. The van der Waals surface area contributed by atoms with Gasteiger partial charge in [0.05, 0.1) is 12.5 Å². The summed E-state index contributed by atoms with van der Waals surface area (Å²) in [6, 6.07) is 13.9. The number of rotatable bonds is 7. The Morgan fingerprint density at radius 1 is 1.24 bits per heavy atom. The molecule has 1 unspecified atom stereocenters. The van der Waals surface area contributed by atoms with Crippen molar-refractivity contribution in [3.8, 4) is 0 Å². The lowest BCUT2D eigenvalue weighted by Crippen LogP contribution is -2.20. The average molecular weight is 306 g/mol. The van der Waals surface area contributed by atoms with E-state index in [2.05, 4.69) is 5.32 Å². The van der Waals surface area contributed by atoms with Crippen LogP contribution < -0.4 is 5.32 Å². The molecule has 21 heavy (non-hydrogen) atoms. The van der Waals surface area contributed by atoms with Gasteiger partial charge in [-0.1, -0.05) is 36.4 Å². The smallest absolute Gasteiger partial charge is 0.226 e. The summed E-state index contributed by atoms with van der Waals surface area (Å²) in [6.07, 6.45) is 1.03. The van der Waals surface area contributed by atoms with Crippen LogP contribution in [0.4, 0.5) is 5.69 Å². The van der Waals surface area contributed by atoms with Gasteiger partial charge in [-0.05, 0) is 24.8 Å². The third-order valence-electron chi connectivity index (χ3n) is 3.22. The van der Waals surface area contributed by atoms with Gasteiger partial charge in [-0.3, -0.25) is 4.79 Å². The zero-order valence-corrected chi connectivity index (χ0v) is 12.9. The van der Waals surface area contributed by atoms with Crippen molar-refractivity contribution >= 4 is 34.0 Å². The predicted molar refractivity (Wildman–Crippen MR) is 87.9 cm³/mol. The molecule has 1 atom stereocenters. The van der Waals surface area contributed by atoms with Crippen LogP contribution in [0.2, 0.25) is 0 Å². The molecule has 0 bridgehead atoms. The Balaban J connectivity index is 1.95. The number of carbonyl (C=O) groups excluding carboxylic acids is 1. The van der Waals surface area contributed by atoms with Crippen LogP contribution in [0.25, 0.3) is 10.8 Å². The van der Waals surface area contributed by atoms with E-state index >= 15 is 0 Å². The van der Waals surface area contributed by atoms with Crippen LogP contribution >= 0.6 is 11.6 Å². The highest BCUT2D eigenvalue weighted by Gasteiger charge is 2.10. The Hall–Kier alpha value is -1.58. The quantitative estimate of drug-likeness (QED) is 0.615. The molecule has 3 nitrogen and oxygen atoms in total. The Kier molecular flexibility index (Phi) is 6.03. The first-order valence-electron chi connectivity index (χ1n) is 7.16. The lowest BCUT2D eigenvalue weighted by atomic mass is 10.1. The van der Waals surface area contributed by atoms with Crippen molar-refractivity contribution in [2.45, 2.75) is 25.9 Å². The van der Waals surface area contributed by atoms with Crippen molar-refractivity contribution in [1.29, 1.82) is 0 Å². The first-order valence-corrected chi connectivity index (χ1v) is 7.69. The van der Waals surface area contributed by atoms with E-state index in [1.54, 1.807) is 0 Å². The third kappa shape index (κ3) is 4.73. The first kappa shape index (κ1) is 15.8. The number of fused-ring (bicyclic) bond motifs is 1. The predicted octanol–water partition coefficient (Wildman–Crippen LogP) is 4.20. The fourth-order valence-electron chi connectivity index (χ4n) is 2.19. The zero-order valence-electron chi connectivity index (χ0n) is 12.1. The van der Waals surface area contributed by atoms with E-state index in [-0.39, 0.29) is 12.0 Å². The molecule has 0 fully saturated rings. The largest absolute Gasteiger partial charge is 0.378 e. The van der Waals surface area contributed by atoms with Crippen LogP contribution in [-0.2, 0) is 9.53 Å². The number of amides is 1. The summed E-state index contributed by atoms with van der Waals surface area (Å²) >= 11 is 5.59. The molecule has 0 spiro atoms. The van der Waals surface area contributed by atoms with Crippen LogP contribution in [-0.4, -0.2) is 24.5 Å². The first-order chi connectivity index (χ1) is 10.2. The van der Waals surface area contributed by atoms with Crippen molar-refractivity contribution in [2.24, 2.45) is 0 Å². The van der Waals surface area contributed by atoms with Crippen molar-refractivity contribution in [3.63, 3.8) is 0 Å². The standard InChI is InChI=1S/C17H20ClNO2/c1-13(21-11-5-10-18)12-17(20)19-16-9-4-7-14-6-2-3-8-15(14)16/h2-4,6-9,13H,5,10-12H2,1H3,(H,19,20). The van der Waals surface area contributed by atoms with Gasteiger partial charge < -0.3 is 10.1 Å². The molecule has 0 aliphatic rings. The lowest BCUT2D eigenvalue weighted by molar-refractivity contribution is -0.118. The van der Waals surface area contributed by atoms with Gasteiger partial charge in [-0.15, -0.1) is 11.6 Å². The SMILES string of the molecule is CC(CC(=O)Nc1cccc2ccccc12)OCCCCl. The van der Waals surface area contributed by atoms with E-state index in [9.17, 15) is 4.79 Å². The molecule has 2 aromatic rings. The third-order valence-corrected chi connectivity index (χ3v) is 3.48. The highest BCUT2D eigenvalue weighted by Crippen LogP contribution is 2.23. The average Bonchev–Trinajstić information content (AvgIpc) is 2.48. The second kappa shape index (κ2) is 8.01. The minimum atomic E-state index is -0.108. The maximum absolute atomic E-state index is 12.1. The second-order valence-electron chi connectivity index (χ2n) is 5.00. The number of ether oxygens (including phenoxy) is 1. The van der Waals surface area contributed by atoms with E-state index in [0.717, 1.165) is 22.9 Å². The van der Waals surface area contributed by atoms with Crippen LogP contribution in [0.3, 0.4) is 0 Å². The molecular weight excluding hydrogens is 286 g/mol. The molecule has 0 saturated carbocycles. The van der Waals surface area contributed by atoms with Gasteiger partial charge in [-0.2, -0.15) is 0 Å². The minimum absolute atomic E-state index is 0.0373. The summed E-state index contributed by atoms with van der Waals surface area (Å²) in [5, 5.41) is 5.12. The van der Waals surface area contributed by atoms with Crippen LogP contribution in [0.15, 0.2) is 42.5 Å². The molecule has 112 valence electrons. The summed E-state index contributed by atoms with van der Waals surface area (Å²) in [5.74, 6) is 0.541. The number of hydrogen-bond acceptors (Lipinski definition) is 2. The fourth-order valence-corrected chi connectivity index (χ4v) is 2.30. The maximum atomic E-state index is 12.1. The maximum Gasteiger partial charge on any atom is 0.226 e. The highest BCUT2D eigenvalue weighted by molar-refractivity contribution is 6.17. The van der Waals surface area contributed by atoms with Crippen molar-refractivity contribution in [1.82, 2.24) is 0 Å². The van der Waals surface area contributed by atoms with E-state index in [0.29, 0.717) is 18.9 Å². The van der Waals surface area contributed by atoms with Gasteiger partial charge in [0.25, 0.3) is 0 Å². The Morgan fingerprint density at radius 2 is 2.00 bits per heavy atom. The highest BCUT2D eigenvalue weighted by atomic mass is 35.5. The number of anilines is 1. The number of carbonyl (C=O) groups is 1. The number of nitrogens with one attached hydrogen (secondary N) is 1. The molecular formula is C17H20ClNO2. The topological polar surface area (TPSA) is 38.3 Å². The molecule has 0 aliphatic heterocycles. The lowest BCUT2D eigenvalue weighted by Gasteiger charge is -2.13. The van der Waals surface area contributed by atoms with Gasteiger partial charge in [0.15, 0.2) is 0 Å². The Labute approximate surface area is 130 Å². The summed E-state index contributed by atoms with van der Waals surface area (Å²) < 4.78 is 5.53.